The number of rotatable bonds is 6. The highest BCUT2D eigenvalue weighted by molar-refractivity contribution is 5.95. The molecule has 0 saturated carbocycles. The summed E-state index contributed by atoms with van der Waals surface area (Å²) in [4.78, 5) is 24.7. The number of carbonyl (C=O) groups is 2. The maximum absolute atomic E-state index is 12.7. The standard InChI is InChI=1S/C19H24N2O5/c1-4-5-11(2)9-24-18(22)16-12(3)20-19(23)21-17(16)13-6-7-14-15(8-13)26-10-25-14/h6-8,11,17H,4-5,9-10H2,1-3H3,(H2,20,21,23)/t11-,17-/m1/s1. The third kappa shape index (κ3) is 3.76. The zero-order valence-corrected chi connectivity index (χ0v) is 15.3. The lowest BCUT2D eigenvalue weighted by molar-refractivity contribution is -0.140. The van der Waals surface area contributed by atoms with E-state index in [1.54, 1.807) is 19.1 Å². The first-order valence-electron chi connectivity index (χ1n) is 8.84. The lowest BCUT2D eigenvalue weighted by Crippen LogP contribution is -2.45. The Bertz CT molecular complexity index is 743. The van der Waals surface area contributed by atoms with Gasteiger partial charge in [0.15, 0.2) is 11.5 Å². The molecule has 2 amide bonds. The number of nitrogens with one attached hydrogen (secondary N) is 2. The quantitative estimate of drug-likeness (QED) is 0.762. The molecule has 7 heteroatoms. The van der Waals surface area contributed by atoms with Crippen LogP contribution in [-0.2, 0) is 9.53 Å². The Balaban J connectivity index is 1.84. The van der Waals surface area contributed by atoms with Gasteiger partial charge in [0.1, 0.15) is 0 Å². The number of urea groups is 1. The summed E-state index contributed by atoms with van der Waals surface area (Å²) in [6, 6.07) is 4.39. The van der Waals surface area contributed by atoms with Crippen LogP contribution in [0.2, 0.25) is 0 Å². The zero-order valence-electron chi connectivity index (χ0n) is 15.3. The molecule has 3 rings (SSSR count). The summed E-state index contributed by atoms with van der Waals surface area (Å²) >= 11 is 0. The lowest BCUT2D eigenvalue weighted by Gasteiger charge is -2.28. The Morgan fingerprint density at radius 2 is 2.12 bits per heavy atom. The first-order valence-corrected chi connectivity index (χ1v) is 8.84. The van der Waals surface area contributed by atoms with Crippen molar-refractivity contribution in [2.75, 3.05) is 13.4 Å². The Morgan fingerprint density at radius 1 is 1.35 bits per heavy atom. The van der Waals surface area contributed by atoms with Crippen LogP contribution in [0.5, 0.6) is 11.5 Å². The average molecular weight is 360 g/mol. The number of hydrogen-bond donors (Lipinski definition) is 2. The fourth-order valence-corrected chi connectivity index (χ4v) is 3.18. The number of carbonyl (C=O) groups excluding carboxylic acids is 2. The minimum atomic E-state index is -0.604. The smallest absolute Gasteiger partial charge is 0.338 e. The Hall–Kier alpha value is -2.70. The number of benzene rings is 1. The molecule has 0 unspecified atom stereocenters. The van der Waals surface area contributed by atoms with E-state index in [0.29, 0.717) is 35.3 Å². The normalized spacial score (nSPS) is 19.7. The summed E-state index contributed by atoms with van der Waals surface area (Å²) in [6.07, 6.45) is 2.03. The number of ether oxygens (including phenoxy) is 3. The predicted molar refractivity (Wildman–Crippen MR) is 94.7 cm³/mol. The monoisotopic (exact) mass is 360 g/mol. The number of fused-ring (bicyclic) bond motifs is 1. The van der Waals surface area contributed by atoms with E-state index in [1.807, 2.05) is 13.0 Å². The van der Waals surface area contributed by atoms with Crippen LogP contribution in [0.25, 0.3) is 0 Å². The van der Waals surface area contributed by atoms with Gasteiger partial charge in [0.25, 0.3) is 0 Å². The van der Waals surface area contributed by atoms with Crippen LogP contribution in [0, 0.1) is 5.92 Å². The average Bonchev–Trinajstić information content (AvgIpc) is 3.07. The topological polar surface area (TPSA) is 85.9 Å². The maximum atomic E-state index is 12.7. The molecule has 1 aromatic rings. The summed E-state index contributed by atoms with van der Waals surface area (Å²) in [5, 5.41) is 5.44. The molecular formula is C19H24N2O5. The summed E-state index contributed by atoms with van der Waals surface area (Å²) in [5.41, 5.74) is 1.62. The third-order valence-corrected chi connectivity index (χ3v) is 4.50. The molecule has 26 heavy (non-hydrogen) atoms. The molecule has 7 nitrogen and oxygen atoms in total. The minimum absolute atomic E-state index is 0.163. The Kier molecular flexibility index (Phi) is 5.35. The first-order chi connectivity index (χ1) is 12.5. The molecule has 0 radical (unpaired) electrons. The van der Waals surface area contributed by atoms with Crippen molar-refractivity contribution in [3.05, 3.63) is 35.0 Å². The van der Waals surface area contributed by atoms with Gasteiger partial charge in [-0.15, -0.1) is 0 Å². The second-order valence-corrected chi connectivity index (χ2v) is 6.68. The van der Waals surface area contributed by atoms with Crippen LogP contribution in [0.4, 0.5) is 4.79 Å². The molecule has 2 aliphatic heterocycles. The van der Waals surface area contributed by atoms with Gasteiger partial charge in [-0.1, -0.05) is 26.3 Å². The number of amides is 2. The summed E-state index contributed by atoms with van der Waals surface area (Å²) in [7, 11) is 0. The fourth-order valence-electron chi connectivity index (χ4n) is 3.18. The maximum Gasteiger partial charge on any atom is 0.338 e. The molecule has 2 heterocycles. The van der Waals surface area contributed by atoms with Crippen LogP contribution >= 0.6 is 0 Å². The van der Waals surface area contributed by atoms with E-state index in [0.717, 1.165) is 18.4 Å². The number of hydrogen-bond acceptors (Lipinski definition) is 5. The molecule has 0 aliphatic carbocycles. The number of allylic oxidation sites excluding steroid dienone is 1. The van der Waals surface area contributed by atoms with Crippen molar-refractivity contribution in [1.82, 2.24) is 10.6 Å². The van der Waals surface area contributed by atoms with Crippen molar-refractivity contribution in [3.63, 3.8) is 0 Å². The summed E-state index contributed by atoms with van der Waals surface area (Å²) in [5.74, 6) is 1.10. The Morgan fingerprint density at radius 3 is 2.88 bits per heavy atom. The molecule has 0 saturated heterocycles. The van der Waals surface area contributed by atoms with Gasteiger partial charge in [-0.3, -0.25) is 0 Å². The van der Waals surface area contributed by atoms with Crippen LogP contribution < -0.4 is 20.1 Å². The van der Waals surface area contributed by atoms with Gasteiger partial charge in [0, 0.05) is 5.70 Å². The molecule has 2 atom stereocenters. The van der Waals surface area contributed by atoms with Crippen LogP contribution in [-0.4, -0.2) is 25.4 Å². The lowest BCUT2D eigenvalue weighted by atomic mass is 9.95. The van der Waals surface area contributed by atoms with Crippen LogP contribution in [0.1, 0.15) is 45.2 Å². The van der Waals surface area contributed by atoms with E-state index in [4.69, 9.17) is 14.2 Å². The van der Waals surface area contributed by atoms with Gasteiger partial charge < -0.3 is 24.8 Å². The van der Waals surface area contributed by atoms with Gasteiger partial charge >= 0.3 is 12.0 Å². The second kappa shape index (κ2) is 7.68. The van der Waals surface area contributed by atoms with Gasteiger partial charge in [0.2, 0.25) is 6.79 Å². The molecule has 1 aromatic carbocycles. The Labute approximate surface area is 152 Å². The highest BCUT2D eigenvalue weighted by Gasteiger charge is 2.33. The minimum Gasteiger partial charge on any atom is -0.462 e. The fraction of sp³-hybridized carbons (Fsp3) is 0.474. The third-order valence-electron chi connectivity index (χ3n) is 4.50. The second-order valence-electron chi connectivity index (χ2n) is 6.68. The van der Waals surface area contributed by atoms with Gasteiger partial charge in [0.05, 0.1) is 18.2 Å². The largest absolute Gasteiger partial charge is 0.462 e. The van der Waals surface area contributed by atoms with E-state index in [2.05, 4.69) is 17.6 Å². The van der Waals surface area contributed by atoms with E-state index >= 15 is 0 Å². The van der Waals surface area contributed by atoms with E-state index in [1.165, 1.54) is 0 Å². The van der Waals surface area contributed by atoms with E-state index in [9.17, 15) is 9.59 Å². The van der Waals surface area contributed by atoms with E-state index < -0.39 is 12.0 Å². The van der Waals surface area contributed by atoms with Gasteiger partial charge in [-0.05, 0) is 37.0 Å². The predicted octanol–water partition coefficient (Wildman–Crippen LogP) is 3.02. The molecule has 0 aromatic heterocycles. The van der Waals surface area contributed by atoms with E-state index in [-0.39, 0.29) is 12.8 Å². The van der Waals surface area contributed by atoms with Crippen LogP contribution in [0.3, 0.4) is 0 Å². The van der Waals surface area contributed by atoms with Crippen molar-refractivity contribution >= 4 is 12.0 Å². The highest BCUT2D eigenvalue weighted by Crippen LogP contribution is 2.37. The summed E-state index contributed by atoms with van der Waals surface area (Å²) < 4.78 is 16.2. The highest BCUT2D eigenvalue weighted by atomic mass is 16.7. The van der Waals surface area contributed by atoms with Gasteiger partial charge in [-0.2, -0.15) is 0 Å². The van der Waals surface area contributed by atoms with Crippen molar-refractivity contribution < 1.29 is 23.8 Å². The van der Waals surface area contributed by atoms with Crippen LogP contribution in [0.15, 0.2) is 29.5 Å². The van der Waals surface area contributed by atoms with Crippen molar-refractivity contribution in [3.8, 4) is 11.5 Å². The SMILES string of the molecule is CCC[C@@H](C)COC(=O)C1=C(C)NC(=O)N[C@@H]1c1ccc2c(c1)OCO2. The van der Waals surface area contributed by atoms with Gasteiger partial charge in [-0.25, -0.2) is 9.59 Å². The summed E-state index contributed by atoms with van der Waals surface area (Å²) in [6.45, 7) is 6.36. The molecule has 0 bridgehead atoms. The molecule has 0 spiro atoms. The molecular weight excluding hydrogens is 336 g/mol. The zero-order chi connectivity index (χ0) is 18.7. The first kappa shape index (κ1) is 18.1. The number of esters is 1. The molecule has 140 valence electrons. The molecule has 0 fully saturated rings. The van der Waals surface area contributed by atoms with Crippen molar-refractivity contribution in [1.29, 1.82) is 0 Å². The molecule has 2 aliphatic rings. The molecule has 2 N–H and O–H groups in total. The van der Waals surface area contributed by atoms with Crippen molar-refractivity contribution in [2.45, 2.75) is 39.7 Å². The van der Waals surface area contributed by atoms with Crippen molar-refractivity contribution in [2.24, 2.45) is 5.92 Å².